The van der Waals surface area contributed by atoms with Crippen molar-refractivity contribution in [2.24, 2.45) is 5.14 Å². The number of carbonyl (C=O) groups is 1. The second kappa shape index (κ2) is 7.01. The highest BCUT2D eigenvalue weighted by molar-refractivity contribution is 7.91. The van der Waals surface area contributed by atoms with E-state index in [0.717, 1.165) is 37.3 Å². The predicted molar refractivity (Wildman–Crippen MR) is 90.2 cm³/mol. The minimum atomic E-state index is -3.70. The molecule has 130 valence electrons. The van der Waals surface area contributed by atoms with E-state index in [2.05, 4.69) is 15.7 Å². The van der Waals surface area contributed by atoms with E-state index in [-0.39, 0.29) is 22.7 Å². The number of sulfonamides is 1. The van der Waals surface area contributed by atoms with Crippen LogP contribution >= 0.6 is 11.3 Å². The first-order valence-corrected chi connectivity index (χ1v) is 9.95. The number of aromatic nitrogens is 2. The van der Waals surface area contributed by atoms with Gasteiger partial charge in [0.1, 0.15) is 9.90 Å². The van der Waals surface area contributed by atoms with Crippen LogP contribution in [0.4, 0.5) is 0 Å². The number of nitrogens with one attached hydrogen (secondary N) is 2. The summed E-state index contributed by atoms with van der Waals surface area (Å²) in [5, 5.41) is 15.5. The molecule has 0 radical (unpaired) electrons. The molecule has 0 spiro atoms. The maximum atomic E-state index is 12.2. The Morgan fingerprint density at radius 1 is 1.46 bits per heavy atom. The fourth-order valence-electron chi connectivity index (χ4n) is 2.59. The SMILES string of the molecule is NS(=O)(=O)c1ccc(CNC(=O)c2ccn(C3CCCNC3)n2)s1. The summed E-state index contributed by atoms with van der Waals surface area (Å²) in [6.45, 7) is 2.11. The third-order valence-corrected chi connectivity index (χ3v) is 6.35. The van der Waals surface area contributed by atoms with Crippen LogP contribution in [0.1, 0.15) is 34.2 Å². The van der Waals surface area contributed by atoms with Crippen molar-refractivity contribution in [2.45, 2.75) is 29.6 Å². The molecule has 1 amide bonds. The molecule has 0 aromatic carbocycles. The average molecular weight is 369 g/mol. The number of hydrogen-bond acceptors (Lipinski definition) is 6. The van der Waals surface area contributed by atoms with E-state index in [1.807, 2.05) is 10.9 Å². The van der Waals surface area contributed by atoms with Crippen LogP contribution in [-0.2, 0) is 16.6 Å². The summed E-state index contributed by atoms with van der Waals surface area (Å²) < 4.78 is 24.4. The molecule has 8 nitrogen and oxygen atoms in total. The van der Waals surface area contributed by atoms with Crippen LogP contribution in [0.15, 0.2) is 28.6 Å². The summed E-state index contributed by atoms with van der Waals surface area (Å²) in [5.41, 5.74) is 0.351. The number of hydrogen-bond donors (Lipinski definition) is 3. The zero-order chi connectivity index (χ0) is 17.2. The van der Waals surface area contributed by atoms with Gasteiger partial charge in [0.2, 0.25) is 10.0 Å². The molecule has 1 aliphatic heterocycles. The van der Waals surface area contributed by atoms with E-state index >= 15 is 0 Å². The number of nitrogens with zero attached hydrogens (tertiary/aromatic N) is 2. The van der Waals surface area contributed by atoms with Gasteiger partial charge in [-0.15, -0.1) is 11.3 Å². The van der Waals surface area contributed by atoms with Crippen molar-refractivity contribution in [1.29, 1.82) is 0 Å². The third kappa shape index (κ3) is 4.01. The van der Waals surface area contributed by atoms with Crippen molar-refractivity contribution < 1.29 is 13.2 Å². The third-order valence-electron chi connectivity index (χ3n) is 3.83. The number of amides is 1. The fourth-order valence-corrected chi connectivity index (χ4v) is 4.30. The minimum Gasteiger partial charge on any atom is -0.346 e. The lowest BCUT2D eigenvalue weighted by Gasteiger charge is -2.22. The first kappa shape index (κ1) is 17.1. The van der Waals surface area contributed by atoms with E-state index in [1.165, 1.54) is 6.07 Å². The van der Waals surface area contributed by atoms with Gasteiger partial charge in [-0.05, 0) is 37.6 Å². The monoisotopic (exact) mass is 369 g/mol. The largest absolute Gasteiger partial charge is 0.346 e. The van der Waals surface area contributed by atoms with Crippen molar-refractivity contribution in [3.63, 3.8) is 0 Å². The molecule has 1 saturated heterocycles. The van der Waals surface area contributed by atoms with Crippen LogP contribution < -0.4 is 15.8 Å². The van der Waals surface area contributed by atoms with E-state index in [0.29, 0.717) is 10.6 Å². The molecule has 2 aromatic rings. The normalized spacial score (nSPS) is 18.5. The van der Waals surface area contributed by atoms with Crippen LogP contribution in [0.2, 0.25) is 0 Å². The second-order valence-corrected chi connectivity index (χ2v) is 8.59. The van der Waals surface area contributed by atoms with E-state index in [9.17, 15) is 13.2 Å². The molecule has 1 aliphatic rings. The fraction of sp³-hybridized carbons (Fsp3) is 0.429. The van der Waals surface area contributed by atoms with Crippen LogP contribution in [0.25, 0.3) is 0 Å². The number of carbonyl (C=O) groups excluding carboxylic acids is 1. The second-order valence-electron chi connectivity index (χ2n) is 5.63. The Balaban J connectivity index is 1.59. The van der Waals surface area contributed by atoms with Gasteiger partial charge in [0.15, 0.2) is 0 Å². The number of piperidine rings is 1. The average Bonchev–Trinajstić information content (AvgIpc) is 3.22. The number of nitrogens with two attached hydrogens (primary N) is 1. The van der Waals surface area contributed by atoms with Gasteiger partial charge in [-0.25, -0.2) is 13.6 Å². The van der Waals surface area contributed by atoms with E-state index in [4.69, 9.17) is 5.14 Å². The smallest absolute Gasteiger partial charge is 0.272 e. The van der Waals surface area contributed by atoms with Gasteiger partial charge >= 0.3 is 0 Å². The van der Waals surface area contributed by atoms with Gasteiger partial charge in [-0.2, -0.15) is 5.10 Å². The van der Waals surface area contributed by atoms with Crippen LogP contribution in [0.5, 0.6) is 0 Å². The zero-order valence-corrected chi connectivity index (χ0v) is 14.6. The highest BCUT2D eigenvalue weighted by Gasteiger charge is 2.18. The van der Waals surface area contributed by atoms with Gasteiger partial charge in [-0.3, -0.25) is 9.48 Å². The first-order chi connectivity index (χ1) is 11.4. The predicted octanol–water partition coefficient (Wildman–Crippen LogP) is 0.446. The summed E-state index contributed by atoms with van der Waals surface area (Å²) in [7, 11) is -3.70. The highest BCUT2D eigenvalue weighted by Crippen LogP contribution is 2.20. The Morgan fingerprint density at radius 2 is 2.29 bits per heavy atom. The Bertz CT molecular complexity index is 821. The standard InChI is InChI=1S/C14H19N5O3S2/c15-24(21,22)13-4-3-11(23-13)9-17-14(20)12-5-7-19(18-12)10-2-1-6-16-8-10/h3-5,7,10,16H,1-2,6,8-9H2,(H,17,20)(H2,15,21,22). The molecular formula is C14H19N5O3S2. The Hall–Kier alpha value is -1.75. The Labute approximate surface area is 144 Å². The molecule has 0 bridgehead atoms. The Morgan fingerprint density at radius 3 is 2.96 bits per heavy atom. The lowest BCUT2D eigenvalue weighted by Crippen LogP contribution is -2.32. The quantitative estimate of drug-likeness (QED) is 0.707. The molecule has 3 heterocycles. The first-order valence-electron chi connectivity index (χ1n) is 7.59. The zero-order valence-electron chi connectivity index (χ0n) is 12.9. The molecule has 0 aliphatic carbocycles. The minimum absolute atomic E-state index is 0.0841. The molecule has 24 heavy (non-hydrogen) atoms. The van der Waals surface area contributed by atoms with Gasteiger partial charge in [0.05, 0.1) is 12.6 Å². The van der Waals surface area contributed by atoms with Crippen molar-refractivity contribution in [3.05, 3.63) is 35.0 Å². The molecule has 10 heteroatoms. The van der Waals surface area contributed by atoms with E-state index < -0.39 is 10.0 Å². The van der Waals surface area contributed by atoms with Gasteiger partial charge in [-0.1, -0.05) is 0 Å². The topological polar surface area (TPSA) is 119 Å². The van der Waals surface area contributed by atoms with Crippen LogP contribution in [0.3, 0.4) is 0 Å². The maximum Gasteiger partial charge on any atom is 0.272 e. The lowest BCUT2D eigenvalue weighted by atomic mass is 10.1. The van der Waals surface area contributed by atoms with Crippen molar-refractivity contribution in [3.8, 4) is 0 Å². The lowest BCUT2D eigenvalue weighted by molar-refractivity contribution is 0.0945. The molecule has 1 unspecified atom stereocenters. The highest BCUT2D eigenvalue weighted by atomic mass is 32.2. The number of rotatable bonds is 5. The summed E-state index contributed by atoms with van der Waals surface area (Å²) in [6.07, 6.45) is 3.95. The van der Waals surface area contributed by atoms with Gasteiger partial charge < -0.3 is 10.6 Å². The van der Waals surface area contributed by atoms with Crippen LogP contribution in [0, 0.1) is 0 Å². The number of thiophene rings is 1. The maximum absolute atomic E-state index is 12.2. The van der Waals surface area contributed by atoms with Crippen molar-refractivity contribution in [2.75, 3.05) is 13.1 Å². The number of primary sulfonamides is 1. The summed E-state index contributed by atoms with van der Waals surface area (Å²) in [6, 6.07) is 5.03. The molecule has 2 aromatic heterocycles. The summed E-state index contributed by atoms with van der Waals surface area (Å²) in [4.78, 5) is 12.9. The molecule has 1 fully saturated rings. The van der Waals surface area contributed by atoms with Crippen LogP contribution in [-0.4, -0.2) is 37.2 Å². The molecule has 3 rings (SSSR count). The molecule has 0 saturated carbocycles. The van der Waals surface area contributed by atoms with Gasteiger partial charge in [0, 0.05) is 17.6 Å². The van der Waals surface area contributed by atoms with Gasteiger partial charge in [0.25, 0.3) is 5.91 Å². The Kier molecular flexibility index (Phi) is 4.99. The molecule has 4 N–H and O–H groups in total. The molecule has 1 atom stereocenters. The summed E-state index contributed by atoms with van der Waals surface area (Å²) in [5.74, 6) is -0.289. The van der Waals surface area contributed by atoms with E-state index in [1.54, 1.807) is 12.1 Å². The summed E-state index contributed by atoms with van der Waals surface area (Å²) >= 11 is 1.04. The van der Waals surface area contributed by atoms with Crippen molar-refractivity contribution >= 4 is 27.3 Å². The van der Waals surface area contributed by atoms with Crippen molar-refractivity contribution in [1.82, 2.24) is 20.4 Å². The molecular weight excluding hydrogens is 350 g/mol.